The van der Waals surface area contributed by atoms with Crippen molar-refractivity contribution < 1.29 is 0 Å². The minimum Gasteiger partial charge on any atom is -0.310 e. The maximum Gasteiger partial charge on any atom is 0.0540 e. The Bertz CT molecular complexity index is 356. The first kappa shape index (κ1) is 12.6. The smallest absolute Gasteiger partial charge is 0.0540 e. The summed E-state index contributed by atoms with van der Waals surface area (Å²) in [6, 6.07) is 1.07. The molecule has 96 valence electrons. The molecule has 0 saturated carbocycles. The molecule has 0 saturated heterocycles. The van der Waals surface area contributed by atoms with E-state index in [9.17, 15) is 0 Å². The van der Waals surface area contributed by atoms with Gasteiger partial charge in [-0.3, -0.25) is 4.68 Å². The fourth-order valence-electron chi connectivity index (χ4n) is 2.66. The Kier molecular flexibility index (Phi) is 4.21. The first-order chi connectivity index (χ1) is 8.27. The summed E-state index contributed by atoms with van der Waals surface area (Å²) < 4.78 is 2.25. The number of hydrogen-bond acceptors (Lipinski definition) is 2. The van der Waals surface area contributed by atoms with Gasteiger partial charge in [0.05, 0.1) is 6.20 Å². The molecule has 0 bridgehead atoms. The third-order valence-electron chi connectivity index (χ3n) is 3.86. The van der Waals surface area contributed by atoms with Gasteiger partial charge in [0.2, 0.25) is 0 Å². The van der Waals surface area contributed by atoms with Crippen LogP contribution >= 0.6 is 0 Å². The minimum absolute atomic E-state index is 0.531. The topological polar surface area (TPSA) is 29.9 Å². The normalized spacial score (nSPS) is 21.2. The lowest BCUT2D eigenvalue weighted by atomic mass is 9.92. The highest BCUT2D eigenvalue weighted by molar-refractivity contribution is 5.25. The molecular weight excluding hydrogens is 210 g/mol. The van der Waals surface area contributed by atoms with Gasteiger partial charge >= 0.3 is 0 Å². The van der Waals surface area contributed by atoms with Crippen molar-refractivity contribution in [3.05, 3.63) is 17.5 Å². The number of rotatable bonds is 5. The molecule has 0 fully saturated rings. The van der Waals surface area contributed by atoms with Crippen LogP contribution in [0.4, 0.5) is 0 Å². The summed E-state index contributed by atoms with van der Waals surface area (Å²) in [5, 5.41) is 8.25. The van der Waals surface area contributed by atoms with Crippen LogP contribution in [-0.4, -0.2) is 16.3 Å². The predicted octanol–water partition coefficient (Wildman–Crippen LogP) is 3.23. The highest BCUT2D eigenvalue weighted by Gasteiger charge is 2.24. The van der Waals surface area contributed by atoms with E-state index in [1.807, 2.05) is 0 Å². The Morgan fingerprint density at radius 1 is 1.53 bits per heavy atom. The molecule has 1 aromatic heterocycles. The second-order valence-electron chi connectivity index (χ2n) is 5.15. The molecule has 0 radical (unpaired) electrons. The molecule has 0 amide bonds. The van der Waals surface area contributed by atoms with Gasteiger partial charge in [-0.1, -0.05) is 13.8 Å². The van der Waals surface area contributed by atoms with Gasteiger partial charge in [0, 0.05) is 23.3 Å². The van der Waals surface area contributed by atoms with Crippen LogP contribution in [0.25, 0.3) is 0 Å². The number of nitrogens with one attached hydrogen (secondary N) is 1. The van der Waals surface area contributed by atoms with Crippen LogP contribution in [0.15, 0.2) is 6.20 Å². The van der Waals surface area contributed by atoms with Crippen molar-refractivity contribution in [2.45, 2.75) is 65.0 Å². The summed E-state index contributed by atoms with van der Waals surface area (Å²) >= 11 is 0. The van der Waals surface area contributed by atoms with E-state index in [-0.39, 0.29) is 0 Å². The molecule has 3 nitrogen and oxygen atoms in total. The average Bonchev–Trinajstić information content (AvgIpc) is 2.79. The van der Waals surface area contributed by atoms with Crippen molar-refractivity contribution in [3.63, 3.8) is 0 Å². The first-order valence-corrected chi connectivity index (χ1v) is 7.07. The van der Waals surface area contributed by atoms with Crippen molar-refractivity contribution in [2.24, 2.45) is 0 Å². The number of fused-ring (bicyclic) bond motifs is 1. The van der Waals surface area contributed by atoms with E-state index in [0.29, 0.717) is 12.1 Å². The van der Waals surface area contributed by atoms with Gasteiger partial charge < -0.3 is 5.32 Å². The third-order valence-corrected chi connectivity index (χ3v) is 3.86. The quantitative estimate of drug-likeness (QED) is 0.849. The van der Waals surface area contributed by atoms with Gasteiger partial charge in [0.25, 0.3) is 0 Å². The molecule has 1 aliphatic carbocycles. The number of nitrogens with zero attached hydrogens (tertiary/aromatic N) is 2. The van der Waals surface area contributed by atoms with Crippen LogP contribution in [0.5, 0.6) is 0 Å². The molecular formula is C14H25N3. The number of hydrogen-bond donors (Lipinski definition) is 1. The lowest BCUT2D eigenvalue weighted by Crippen LogP contribution is -2.26. The van der Waals surface area contributed by atoms with Gasteiger partial charge in [-0.15, -0.1) is 0 Å². The SMILES string of the molecule is CCCNC1CCCc2c1cnn2C(C)CC. The van der Waals surface area contributed by atoms with E-state index < -0.39 is 0 Å². The van der Waals surface area contributed by atoms with Crippen molar-refractivity contribution in [1.29, 1.82) is 0 Å². The molecule has 0 aliphatic heterocycles. The third kappa shape index (κ3) is 2.54. The summed E-state index contributed by atoms with van der Waals surface area (Å²) in [6.45, 7) is 7.82. The first-order valence-electron chi connectivity index (χ1n) is 7.07. The van der Waals surface area contributed by atoms with E-state index >= 15 is 0 Å². The van der Waals surface area contributed by atoms with Crippen LogP contribution in [0.3, 0.4) is 0 Å². The average molecular weight is 235 g/mol. The van der Waals surface area contributed by atoms with Crippen LogP contribution in [0, 0.1) is 0 Å². The number of aromatic nitrogens is 2. The molecule has 2 rings (SSSR count). The summed E-state index contributed by atoms with van der Waals surface area (Å²) in [6.07, 6.45) is 8.19. The van der Waals surface area contributed by atoms with Gasteiger partial charge in [-0.25, -0.2) is 0 Å². The lowest BCUT2D eigenvalue weighted by Gasteiger charge is -2.25. The maximum atomic E-state index is 4.60. The van der Waals surface area contributed by atoms with E-state index in [4.69, 9.17) is 0 Å². The van der Waals surface area contributed by atoms with Gasteiger partial charge in [-0.05, 0) is 45.6 Å². The minimum atomic E-state index is 0.531. The molecule has 1 N–H and O–H groups in total. The van der Waals surface area contributed by atoms with Crippen molar-refractivity contribution in [1.82, 2.24) is 15.1 Å². The van der Waals surface area contributed by atoms with Crippen LogP contribution in [0.1, 0.15) is 69.8 Å². The Morgan fingerprint density at radius 3 is 3.06 bits per heavy atom. The largest absolute Gasteiger partial charge is 0.310 e. The van der Waals surface area contributed by atoms with Crippen LogP contribution in [-0.2, 0) is 6.42 Å². The molecule has 2 atom stereocenters. The standard InChI is InChI=1S/C14H25N3/c1-4-9-15-13-7-6-8-14-12(13)10-16-17(14)11(3)5-2/h10-11,13,15H,4-9H2,1-3H3. The molecule has 3 heteroatoms. The van der Waals surface area contributed by atoms with Crippen molar-refractivity contribution in [3.8, 4) is 0 Å². The van der Waals surface area contributed by atoms with Crippen molar-refractivity contribution in [2.75, 3.05) is 6.54 Å². The molecule has 0 spiro atoms. The van der Waals surface area contributed by atoms with Crippen molar-refractivity contribution >= 4 is 0 Å². The Balaban J connectivity index is 2.19. The molecule has 1 heterocycles. The molecule has 1 aliphatic rings. The van der Waals surface area contributed by atoms with E-state index in [0.717, 1.165) is 13.0 Å². The zero-order valence-corrected chi connectivity index (χ0v) is 11.4. The Morgan fingerprint density at radius 2 is 2.35 bits per heavy atom. The second kappa shape index (κ2) is 5.67. The van der Waals surface area contributed by atoms with Crippen LogP contribution in [0.2, 0.25) is 0 Å². The molecule has 0 aromatic carbocycles. The lowest BCUT2D eigenvalue weighted by molar-refractivity contribution is 0.421. The maximum absolute atomic E-state index is 4.60. The highest BCUT2D eigenvalue weighted by atomic mass is 15.3. The fourth-order valence-corrected chi connectivity index (χ4v) is 2.66. The highest BCUT2D eigenvalue weighted by Crippen LogP contribution is 2.31. The van der Waals surface area contributed by atoms with Gasteiger partial charge in [0.1, 0.15) is 0 Å². The Hall–Kier alpha value is -0.830. The predicted molar refractivity (Wildman–Crippen MR) is 71.2 cm³/mol. The zero-order valence-electron chi connectivity index (χ0n) is 11.4. The van der Waals surface area contributed by atoms with E-state index in [1.165, 1.54) is 36.9 Å². The summed E-state index contributed by atoms with van der Waals surface area (Å²) in [7, 11) is 0. The van der Waals surface area contributed by atoms with E-state index in [2.05, 4.69) is 42.1 Å². The van der Waals surface area contributed by atoms with E-state index in [1.54, 1.807) is 0 Å². The fraction of sp³-hybridized carbons (Fsp3) is 0.786. The Labute approximate surface area is 105 Å². The zero-order chi connectivity index (χ0) is 12.3. The summed E-state index contributed by atoms with van der Waals surface area (Å²) in [4.78, 5) is 0. The molecule has 1 aromatic rings. The van der Waals surface area contributed by atoms with Gasteiger partial charge in [-0.2, -0.15) is 5.10 Å². The van der Waals surface area contributed by atoms with Crippen LogP contribution < -0.4 is 5.32 Å². The van der Waals surface area contributed by atoms with Gasteiger partial charge in [0.15, 0.2) is 0 Å². The molecule has 17 heavy (non-hydrogen) atoms. The monoisotopic (exact) mass is 235 g/mol. The second-order valence-corrected chi connectivity index (χ2v) is 5.15. The summed E-state index contributed by atoms with van der Waals surface area (Å²) in [5.41, 5.74) is 2.92. The molecule has 2 unspecified atom stereocenters. The summed E-state index contributed by atoms with van der Waals surface area (Å²) in [5.74, 6) is 0.